The summed E-state index contributed by atoms with van der Waals surface area (Å²) in [5.74, 6) is 0.772. The minimum atomic E-state index is 0.173. The normalized spacial score (nSPS) is 18.6. The fourth-order valence-electron chi connectivity index (χ4n) is 2.07. The Hall–Kier alpha value is -0.250. The highest BCUT2D eigenvalue weighted by Crippen LogP contribution is 2.34. The van der Waals surface area contributed by atoms with Crippen molar-refractivity contribution in [1.82, 2.24) is 0 Å². The van der Waals surface area contributed by atoms with Crippen molar-refractivity contribution in [3.05, 3.63) is 28.8 Å². The van der Waals surface area contributed by atoms with Gasteiger partial charge in [-0.3, -0.25) is 0 Å². The second-order valence-corrected chi connectivity index (χ2v) is 5.94. The predicted octanol–water partition coefficient (Wildman–Crippen LogP) is 4.22. The molecule has 0 unspecified atom stereocenters. The summed E-state index contributed by atoms with van der Waals surface area (Å²) in [6, 6.07) is 5.90. The number of hydrogen-bond acceptors (Lipinski definition) is 2. The van der Waals surface area contributed by atoms with Crippen LogP contribution in [0, 0.1) is 12.3 Å². The monoisotopic (exact) mass is 332 g/mol. The summed E-state index contributed by atoms with van der Waals surface area (Å²) in [5.41, 5.74) is 1.32. The molecule has 1 aliphatic rings. The van der Waals surface area contributed by atoms with Gasteiger partial charge in [0.1, 0.15) is 5.75 Å². The summed E-state index contributed by atoms with van der Waals surface area (Å²) in [6.45, 7) is 4.34. The molecule has 0 aromatic heterocycles. The van der Waals surface area contributed by atoms with Crippen LogP contribution in [0.5, 0.6) is 5.75 Å². The largest absolute Gasteiger partial charge is 0.491 e. The van der Waals surface area contributed by atoms with E-state index in [1.165, 1.54) is 0 Å². The van der Waals surface area contributed by atoms with Crippen molar-refractivity contribution in [2.75, 3.05) is 25.2 Å². The molecule has 100 valence electrons. The van der Waals surface area contributed by atoms with Crippen LogP contribution in [-0.4, -0.2) is 25.2 Å². The lowest BCUT2D eigenvalue weighted by Crippen LogP contribution is -2.36. The maximum atomic E-state index is 6.17. The van der Waals surface area contributed by atoms with E-state index in [9.17, 15) is 0 Å². The molecule has 0 amide bonds. The van der Waals surface area contributed by atoms with Crippen LogP contribution in [0.25, 0.3) is 0 Å². The first-order valence-corrected chi connectivity index (χ1v) is 7.68. The molecule has 4 heteroatoms. The van der Waals surface area contributed by atoms with Gasteiger partial charge < -0.3 is 9.47 Å². The Balaban J connectivity index is 2.01. The predicted molar refractivity (Wildman–Crippen MR) is 78.0 cm³/mol. The van der Waals surface area contributed by atoms with Gasteiger partial charge in [0.2, 0.25) is 0 Å². The summed E-state index contributed by atoms with van der Waals surface area (Å²) in [4.78, 5) is 0. The van der Waals surface area contributed by atoms with Gasteiger partial charge >= 0.3 is 0 Å². The van der Waals surface area contributed by atoms with Gasteiger partial charge in [0.25, 0.3) is 0 Å². The minimum Gasteiger partial charge on any atom is -0.491 e. The molecule has 1 heterocycles. The van der Waals surface area contributed by atoms with E-state index in [2.05, 4.69) is 15.9 Å². The van der Waals surface area contributed by atoms with Crippen LogP contribution in [0.3, 0.4) is 0 Å². The lowest BCUT2D eigenvalue weighted by Gasteiger charge is -2.35. The number of ether oxygens (including phenoxy) is 2. The van der Waals surface area contributed by atoms with Crippen LogP contribution in [0.1, 0.15) is 18.4 Å². The Kier molecular flexibility index (Phi) is 4.93. The van der Waals surface area contributed by atoms with E-state index < -0.39 is 0 Å². The van der Waals surface area contributed by atoms with E-state index >= 15 is 0 Å². The summed E-state index contributed by atoms with van der Waals surface area (Å²) >= 11 is 9.78. The average molecular weight is 334 g/mol. The third kappa shape index (κ3) is 3.40. The Morgan fingerprint density at radius 1 is 1.39 bits per heavy atom. The second kappa shape index (κ2) is 6.27. The van der Waals surface area contributed by atoms with Crippen LogP contribution in [0.4, 0.5) is 0 Å². The Labute approximate surface area is 122 Å². The number of alkyl halides is 1. The number of aryl methyl sites for hydroxylation is 1. The fourth-order valence-corrected chi connectivity index (χ4v) is 3.09. The molecule has 0 bridgehead atoms. The lowest BCUT2D eigenvalue weighted by atomic mass is 9.83. The first-order valence-electron chi connectivity index (χ1n) is 6.18. The summed E-state index contributed by atoms with van der Waals surface area (Å²) in [5, 5.41) is 1.62. The second-order valence-electron chi connectivity index (χ2n) is 4.97. The molecule has 1 fully saturated rings. The standard InChI is InChI=1S/C14H18BrClO2/c1-11-2-3-13(12(16)8-11)18-10-14(9-15)4-6-17-7-5-14/h2-3,8H,4-7,9-10H2,1H3. The fraction of sp³-hybridized carbons (Fsp3) is 0.571. The van der Waals surface area contributed by atoms with Crippen molar-refractivity contribution in [3.8, 4) is 5.75 Å². The zero-order valence-electron chi connectivity index (χ0n) is 10.5. The van der Waals surface area contributed by atoms with Crippen LogP contribution in [-0.2, 0) is 4.74 Å². The zero-order valence-corrected chi connectivity index (χ0v) is 12.9. The van der Waals surface area contributed by atoms with Gasteiger partial charge in [-0.15, -0.1) is 0 Å². The molecular formula is C14H18BrClO2. The average Bonchev–Trinajstić information content (AvgIpc) is 2.39. The topological polar surface area (TPSA) is 18.5 Å². The highest BCUT2D eigenvalue weighted by molar-refractivity contribution is 9.09. The van der Waals surface area contributed by atoms with Crippen LogP contribution in [0.2, 0.25) is 5.02 Å². The van der Waals surface area contributed by atoms with E-state index in [0.29, 0.717) is 11.6 Å². The molecule has 0 radical (unpaired) electrons. The number of halogens is 2. The first kappa shape index (κ1) is 14.2. The third-order valence-corrected chi connectivity index (χ3v) is 4.94. The molecule has 0 N–H and O–H groups in total. The van der Waals surface area contributed by atoms with Gasteiger partial charge in [0.05, 0.1) is 11.6 Å². The quantitative estimate of drug-likeness (QED) is 0.768. The van der Waals surface area contributed by atoms with Crippen molar-refractivity contribution in [3.63, 3.8) is 0 Å². The molecule has 1 aromatic rings. The van der Waals surface area contributed by atoms with Crippen LogP contribution >= 0.6 is 27.5 Å². The maximum Gasteiger partial charge on any atom is 0.137 e. The Morgan fingerprint density at radius 2 is 2.11 bits per heavy atom. The molecule has 1 aromatic carbocycles. The van der Waals surface area contributed by atoms with Gasteiger partial charge in [-0.25, -0.2) is 0 Å². The highest BCUT2D eigenvalue weighted by atomic mass is 79.9. The molecule has 0 atom stereocenters. The van der Waals surface area contributed by atoms with Crippen molar-refractivity contribution in [2.24, 2.45) is 5.41 Å². The van der Waals surface area contributed by atoms with Crippen molar-refractivity contribution in [2.45, 2.75) is 19.8 Å². The smallest absolute Gasteiger partial charge is 0.137 e. The molecular weight excluding hydrogens is 316 g/mol. The lowest BCUT2D eigenvalue weighted by molar-refractivity contribution is 0.00357. The van der Waals surface area contributed by atoms with Gasteiger partial charge in [0.15, 0.2) is 0 Å². The molecule has 1 aliphatic heterocycles. The van der Waals surface area contributed by atoms with Crippen LogP contribution < -0.4 is 4.74 Å². The number of rotatable bonds is 4. The summed E-state index contributed by atoms with van der Waals surface area (Å²) in [7, 11) is 0. The van der Waals surface area contributed by atoms with Gasteiger partial charge in [0, 0.05) is 24.0 Å². The molecule has 0 saturated carbocycles. The highest BCUT2D eigenvalue weighted by Gasteiger charge is 2.32. The number of benzene rings is 1. The maximum absolute atomic E-state index is 6.17. The Morgan fingerprint density at radius 3 is 2.72 bits per heavy atom. The molecule has 18 heavy (non-hydrogen) atoms. The zero-order chi connectivity index (χ0) is 13.0. The number of hydrogen-bond donors (Lipinski definition) is 0. The molecule has 2 nitrogen and oxygen atoms in total. The first-order chi connectivity index (χ1) is 8.65. The minimum absolute atomic E-state index is 0.173. The summed E-state index contributed by atoms with van der Waals surface area (Å²) in [6.07, 6.45) is 2.06. The Bertz CT molecular complexity index is 403. The molecule has 1 saturated heterocycles. The van der Waals surface area contributed by atoms with E-state index in [1.54, 1.807) is 0 Å². The van der Waals surface area contributed by atoms with E-state index in [0.717, 1.165) is 42.7 Å². The third-order valence-electron chi connectivity index (χ3n) is 3.46. The van der Waals surface area contributed by atoms with Crippen molar-refractivity contribution < 1.29 is 9.47 Å². The van der Waals surface area contributed by atoms with Crippen LogP contribution in [0.15, 0.2) is 18.2 Å². The van der Waals surface area contributed by atoms with E-state index in [-0.39, 0.29) is 5.41 Å². The van der Waals surface area contributed by atoms with Crippen molar-refractivity contribution >= 4 is 27.5 Å². The molecule has 0 spiro atoms. The van der Waals surface area contributed by atoms with Gasteiger partial charge in [-0.05, 0) is 37.5 Å². The van der Waals surface area contributed by atoms with Crippen molar-refractivity contribution in [1.29, 1.82) is 0 Å². The van der Waals surface area contributed by atoms with Gasteiger partial charge in [-0.2, -0.15) is 0 Å². The van der Waals surface area contributed by atoms with Gasteiger partial charge in [-0.1, -0.05) is 33.6 Å². The SMILES string of the molecule is Cc1ccc(OCC2(CBr)CCOCC2)c(Cl)c1. The summed E-state index contributed by atoms with van der Waals surface area (Å²) < 4.78 is 11.3. The van der Waals surface area contributed by atoms with E-state index in [1.807, 2.05) is 25.1 Å². The molecule has 0 aliphatic carbocycles. The van der Waals surface area contributed by atoms with E-state index in [4.69, 9.17) is 21.1 Å². The molecule has 2 rings (SSSR count).